The van der Waals surface area contributed by atoms with E-state index >= 15 is 0 Å². The van der Waals surface area contributed by atoms with Gasteiger partial charge in [0.15, 0.2) is 0 Å². The lowest BCUT2D eigenvalue weighted by Gasteiger charge is -2.08. The van der Waals surface area contributed by atoms with Gasteiger partial charge >= 0.3 is 0 Å². The van der Waals surface area contributed by atoms with Gasteiger partial charge in [-0.25, -0.2) is 9.97 Å². The topological polar surface area (TPSA) is 25.8 Å². The van der Waals surface area contributed by atoms with E-state index in [0.29, 0.717) is 11.1 Å². The van der Waals surface area contributed by atoms with E-state index in [1.54, 1.807) is 0 Å². The lowest BCUT2D eigenvalue weighted by molar-refractivity contribution is 0.872. The number of fused-ring (bicyclic) bond motifs is 1. The second-order valence-corrected chi connectivity index (χ2v) is 3.92. The molecule has 72 valence electrons. The van der Waals surface area contributed by atoms with Crippen molar-refractivity contribution in [2.45, 2.75) is 19.8 Å². The minimum Gasteiger partial charge on any atom is -0.236 e. The molecule has 14 heavy (non-hydrogen) atoms. The fourth-order valence-corrected chi connectivity index (χ4v) is 1.74. The van der Waals surface area contributed by atoms with Crippen molar-refractivity contribution in [3.63, 3.8) is 0 Å². The zero-order chi connectivity index (χ0) is 10.1. The van der Waals surface area contributed by atoms with Gasteiger partial charge in [-0.3, -0.25) is 0 Å². The van der Waals surface area contributed by atoms with E-state index in [2.05, 4.69) is 29.9 Å². The standard InChI is InChI=1S/C11H11ClN2/c1-7(2)8-4-3-5-9-10(8)13-6-14-11(9)12/h3-7H,1-2H3. The summed E-state index contributed by atoms with van der Waals surface area (Å²) >= 11 is 5.98. The average molecular weight is 207 g/mol. The predicted molar refractivity (Wildman–Crippen MR) is 58.6 cm³/mol. The molecule has 0 spiro atoms. The summed E-state index contributed by atoms with van der Waals surface area (Å²) < 4.78 is 0. The molecule has 0 saturated heterocycles. The minimum absolute atomic E-state index is 0.449. The summed E-state index contributed by atoms with van der Waals surface area (Å²) in [5.41, 5.74) is 2.18. The van der Waals surface area contributed by atoms with Gasteiger partial charge < -0.3 is 0 Å². The minimum atomic E-state index is 0.449. The molecule has 2 aromatic rings. The molecule has 0 saturated carbocycles. The highest BCUT2D eigenvalue weighted by Gasteiger charge is 2.07. The van der Waals surface area contributed by atoms with E-state index in [9.17, 15) is 0 Å². The molecule has 2 rings (SSSR count). The van der Waals surface area contributed by atoms with Gasteiger partial charge in [0.2, 0.25) is 0 Å². The number of hydrogen-bond donors (Lipinski definition) is 0. The molecule has 0 aliphatic carbocycles. The van der Waals surface area contributed by atoms with Crippen LogP contribution in [0, 0.1) is 0 Å². The van der Waals surface area contributed by atoms with Crippen LogP contribution in [0.4, 0.5) is 0 Å². The number of para-hydroxylation sites is 1. The van der Waals surface area contributed by atoms with Gasteiger partial charge in [-0.05, 0) is 17.5 Å². The Kier molecular flexibility index (Phi) is 2.38. The van der Waals surface area contributed by atoms with Crippen LogP contribution in [0.2, 0.25) is 5.15 Å². The number of nitrogens with zero attached hydrogens (tertiary/aromatic N) is 2. The molecular weight excluding hydrogens is 196 g/mol. The normalized spacial score (nSPS) is 11.1. The van der Waals surface area contributed by atoms with Crippen LogP contribution in [0.1, 0.15) is 25.3 Å². The molecule has 1 heterocycles. The van der Waals surface area contributed by atoms with Gasteiger partial charge in [0.05, 0.1) is 5.52 Å². The molecule has 1 aromatic heterocycles. The summed E-state index contributed by atoms with van der Waals surface area (Å²) in [7, 11) is 0. The molecule has 0 aliphatic rings. The van der Waals surface area contributed by atoms with E-state index in [-0.39, 0.29) is 0 Å². The first kappa shape index (κ1) is 9.41. The van der Waals surface area contributed by atoms with Crippen molar-refractivity contribution in [1.82, 2.24) is 9.97 Å². The Morgan fingerprint density at radius 2 is 2.00 bits per heavy atom. The fraction of sp³-hybridized carbons (Fsp3) is 0.273. The maximum absolute atomic E-state index is 5.98. The second-order valence-electron chi connectivity index (χ2n) is 3.56. The van der Waals surface area contributed by atoms with Gasteiger partial charge in [-0.2, -0.15) is 0 Å². The van der Waals surface area contributed by atoms with Crippen molar-refractivity contribution in [2.24, 2.45) is 0 Å². The zero-order valence-corrected chi connectivity index (χ0v) is 8.92. The number of hydrogen-bond acceptors (Lipinski definition) is 2. The molecule has 0 bridgehead atoms. The van der Waals surface area contributed by atoms with Crippen LogP contribution in [-0.4, -0.2) is 9.97 Å². The molecular formula is C11H11ClN2. The van der Waals surface area contributed by atoms with Crippen LogP contribution in [0.25, 0.3) is 10.9 Å². The molecule has 0 atom stereocenters. The van der Waals surface area contributed by atoms with Crippen molar-refractivity contribution in [1.29, 1.82) is 0 Å². The summed E-state index contributed by atoms with van der Waals surface area (Å²) in [6.45, 7) is 4.29. The summed E-state index contributed by atoms with van der Waals surface area (Å²) in [6.07, 6.45) is 1.51. The van der Waals surface area contributed by atoms with Crippen LogP contribution in [-0.2, 0) is 0 Å². The van der Waals surface area contributed by atoms with Crippen molar-refractivity contribution in [3.8, 4) is 0 Å². The molecule has 0 fully saturated rings. The van der Waals surface area contributed by atoms with Crippen LogP contribution in [0.5, 0.6) is 0 Å². The summed E-state index contributed by atoms with van der Waals surface area (Å²) in [4.78, 5) is 8.23. The Morgan fingerprint density at radius 3 is 2.71 bits per heavy atom. The number of rotatable bonds is 1. The van der Waals surface area contributed by atoms with Crippen LogP contribution in [0.15, 0.2) is 24.5 Å². The van der Waals surface area contributed by atoms with Crippen LogP contribution in [0.3, 0.4) is 0 Å². The first-order valence-corrected chi connectivity index (χ1v) is 4.97. The lowest BCUT2D eigenvalue weighted by atomic mass is 10.0. The highest BCUT2D eigenvalue weighted by atomic mass is 35.5. The maximum Gasteiger partial charge on any atom is 0.140 e. The molecule has 3 heteroatoms. The zero-order valence-electron chi connectivity index (χ0n) is 8.16. The molecule has 0 unspecified atom stereocenters. The van der Waals surface area contributed by atoms with Crippen LogP contribution >= 0.6 is 11.6 Å². The third-order valence-corrected chi connectivity index (χ3v) is 2.57. The second kappa shape index (κ2) is 3.54. The Bertz CT molecular complexity index is 466. The van der Waals surface area contributed by atoms with E-state index in [1.807, 2.05) is 12.1 Å². The summed E-state index contributed by atoms with van der Waals surface area (Å²) in [6, 6.07) is 6.02. The lowest BCUT2D eigenvalue weighted by Crippen LogP contribution is -1.92. The van der Waals surface area contributed by atoms with E-state index in [4.69, 9.17) is 11.6 Å². The predicted octanol–water partition coefficient (Wildman–Crippen LogP) is 3.41. The van der Waals surface area contributed by atoms with Gasteiger partial charge in [0, 0.05) is 5.39 Å². The Balaban J connectivity index is 2.81. The Hall–Kier alpha value is -1.15. The fourth-order valence-electron chi connectivity index (χ4n) is 1.54. The van der Waals surface area contributed by atoms with E-state index < -0.39 is 0 Å². The monoisotopic (exact) mass is 206 g/mol. The summed E-state index contributed by atoms with van der Waals surface area (Å²) in [5, 5.41) is 1.46. The van der Waals surface area contributed by atoms with E-state index in [1.165, 1.54) is 11.9 Å². The first-order chi connectivity index (χ1) is 6.70. The first-order valence-electron chi connectivity index (χ1n) is 4.59. The molecule has 0 N–H and O–H groups in total. The third kappa shape index (κ3) is 1.46. The molecule has 0 aliphatic heterocycles. The quantitative estimate of drug-likeness (QED) is 0.669. The summed E-state index contributed by atoms with van der Waals surface area (Å²) in [5.74, 6) is 0.449. The number of halogens is 1. The van der Waals surface area contributed by atoms with Crippen molar-refractivity contribution in [2.75, 3.05) is 0 Å². The highest BCUT2D eigenvalue weighted by Crippen LogP contribution is 2.26. The largest absolute Gasteiger partial charge is 0.236 e. The van der Waals surface area contributed by atoms with Crippen molar-refractivity contribution >= 4 is 22.5 Å². The maximum atomic E-state index is 5.98. The molecule has 1 aromatic carbocycles. The van der Waals surface area contributed by atoms with Crippen molar-refractivity contribution < 1.29 is 0 Å². The van der Waals surface area contributed by atoms with Gasteiger partial charge in [-0.15, -0.1) is 0 Å². The smallest absolute Gasteiger partial charge is 0.140 e. The SMILES string of the molecule is CC(C)c1cccc2c(Cl)ncnc12. The number of benzene rings is 1. The molecule has 0 radical (unpaired) electrons. The number of aromatic nitrogens is 2. The van der Waals surface area contributed by atoms with Gasteiger partial charge in [0.25, 0.3) is 0 Å². The Labute approximate surface area is 88.0 Å². The Morgan fingerprint density at radius 1 is 1.21 bits per heavy atom. The highest BCUT2D eigenvalue weighted by molar-refractivity contribution is 6.34. The van der Waals surface area contributed by atoms with E-state index in [0.717, 1.165) is 10.9 Å². The van der Waals surface area contributed by atoms with Gasteiger partial charge in [-0.1, -0.05) is 37.6 Å². The van der Waals surface area contributed by atoms with Crippen LogP contribution < -0.4 is 0 Å². The van der Waals surface area contributed by atoms with Gasteiger partial charge in [0.1, 0.15) is 11.5 Å². The third-order valence-electron chi connectivity index (χ3n) is 2.27. The molecule has 0 amide bonds. The average Bonchev–Trinajstić information content (AvgIpc) is 2.17. The van der Waals surface area contributed by atoms with Crippen molar-refractivity contribution in [3.05, 3.63) is 35.2 Å². The molecule has 2 nitrogen and oxygen atoms in total.